The first-order valence-electron chi connectivity index (χ1n) is 8.11. The first kappa shape index (κ1) is 17.6. The van der Waals surface area contributed by atoms with Gasteiger partial charge in [0.15, 0.2) is 0 Å². The average molecular weight is 319 g/mol. The van der Waals surface area contributed by atoms with Gasteiger partial charge >= 0.3 is 0 Å². The Hall–Kier alpha value is -1.76. The van der Waals surface area contributed by atoms with E-state index in [1.807, 2.05) is 18.2 Å². The third kappa shape index (κ3) is 7.36. The predicted octanol–water partition coefficient (Wildman–Crippen LogP) is 1.38. The summed E-state index contributed by atoms with van der Waals surface area (Å²) in [6.07, 6.45) is 10.3. The van der Waals surface area contributed by atoms with Crippen molar-refractivity contribution >= 4 is 12.0 Å². The van der Waals surface area contributed by atoms with E-state index < -0.39 is 6.10 Å². The van der Waals surface area contributed by atoms with Gasteiger partial charge in [-0.05, 0) is 37.6 Å². The summed E-state index contributed by atoms with van der Waals surface area (Å²) in [6, 6.07) is 3.75. The molecule has 1 aromatic rings. The SMILES string of the molecule is O=C(C/C=C/c1cccnc1)NOCC(O)CN1CCCCC1. The van der Waals surface area contributed by atoms with Gasteiger partial charge in [0.2, 0.25) is 5.91 Å². The largest absolute Gasteiger partial charge is 0.389 e. The molecule has 1 unspecified atom stereocenters. The first-order valence-corrected chi connectivity index (χ1v) is 8.11. The summed E-state index contributed by atoms with van der Waals surface area (Å²) in [5, 5.41) is 9.90. The molecule has 2 rings (SSSR count). The molecule has 126 valence electrons. The molecule has 1 fully saturated rings. The van der Waals surface area contributed by atoms with E-state index in [1.165, 1.54) is 19.3 Å². The van der Waals surface area contributed by atoms with Gasteiger partial charge in [-0.15, -0.1) is 0 Å². The number of aliphatic hydroxyl groups excluding tert-OH is 1. The molecule has 2 heterocycles. The number of carbonyl (C=O) groups excluding carboxylic acids is 1. The number of carbonyl (C=O) groups is 1. The third-order valence-electron chi connectivity index (χ3n) is 3.68. The molecule has 6 nitrogen and oxygen atoms in total. The van der Waals surface area contributed by atoms with Crippen LogP contribution in [0.25, 0.3) is 6.08 Å². The molecule has 0 bridgehead atoms. The number of amides is 1. The summed E-state index contributed by atoms with van der Waals surface area (Å²) in [4.78, 5) is 22.9. The maximum Gasteiger partial charge on any atom is 0.247 e. The highest BCUT2D eigenvalue weighted by Crippen LogP contribution is 2.08. The van der Waals surface area contributed by atoms with Gasteiger partial charge in [0.25, 0.3) is 0 Å². The lowest BCUT2D eigenvalue weighted by molar-refractivity contribution is -0.135. The molecule has 1 atom stereocenters. The monoisotopic (exact) mass is 319 g/mol. The van der Waals surface area contributed by atoms with Gasteiger partial charge in [-0.2, -0.15) is 0 Å². The first-order chi connectivity index (χ1) is 11.2. The zero-order valence-electron chi connectivity index (χ0n) is 13.4. The molecule has 23 heavy (non-hydrogen) atoms. The van der Waals surface area contributed by atoms with Crippen LogP contribution in [0.1, 0.15) is 31.2 Å². The highest BCUT2D eigenvalue weighted by molar-refractivity contribution is 5.77. The molecule has 6 heteroatoms. The van der Waals surface area contributed by atoms with Crippen LogP contribution in [0.4, 0.5) is 0 Å². The Morgan fingerprint density at radius 2 is 2.26 bits per heavy atom. The minimum absolute atomic E-state index is 0.106. The van der Waals surface area contributed by atoms with E-state index in [9.17, 15) is 9.90 Å². The van der Waals surface area contributed by atoms with E-state index in [0.717, 1.165) is 18.7 Å². The highest BCUT2D eigenvalue weighted by Gasteiger charge is 2.14. The lowest BCUT2D eigenvalue weighted by Gasteiger charge is -2.28. The normalized spacial score (nSPS) is 17.3. The summed E-state index contributed by atoms with van der Waals surface area (Å²) in [5.74, 6) is -0.240. The van der Waals surface area contributed by atoms with Crippen molar-refractivity contribution in [1.82, 2.24) is 15.4 Å². The zero-order chi connectivity index (χ0) is 16.3. The molecular formula is C17H25N3O3. The summed E-state index contributed by atoms with van der Waals surface area (Å²) < 4.78 is 0. The molecule has 1 aliphatic heterocycles. The van der Waals surface area contributed by atoms with Gasteiger partial charge in [-0.25, -0.2) is 5.48 Å². The van der Waals surface area contributed by atoms with E-state index in [1.54, 1.807) is 18.5 Å². The molecule has 1 saturated heterocycles. The van der Waals surface area contributed by atoms with E-state index in [0.29, 0.717) is 6.54 Å². The topological polar surface area (TPSA) is 74.7 Å². The van der Waals surface area contributed by atoms with Crippen molar-refractivity contribution in [2.24, 2.45) is 0 Å². The minimum atomic E-state index is -0.584. The molecule has 0 spiro atoms. The van der Waals surface area contributed by atoms with Gasteiger partial charge in [0, 0.05) is 25.4 Å². The van der Waals surface area contributed by atoms with Crippen LogP contribution in [0.2, 0.25) is 0 Å². The Kier molecular flexibility index (Phi) is 7.72. The van der Waals surface area contributed by atoms with Crippen LogP contribution in [0, 0.1) is 0 Å². The number of rotatable bonds is 8. The van der Waals surface area contributed by atoms with Crippen molar-refractivity contribution in [3.8, 4) is 0 Å². The molecule has 0 aromatic carbocycles. The Morgan fingerprint density at radius 3 is 3.00 bits per heavy atom. The van der Waals surface area contributed by atoms with Gasteiger partial charge in [0.1, 0.15) is 6.61 Å². The van der Waals surface area contributed by atoms with E-state index in [2.05, 4.69) is 15.4 Å². The number of hydroxylamine groups is 1. The lowest BCUT2D eigenvalue weighted by Crippen LogP contribution is -2.39. The minimum Gasteiger partial charge on any atom is -0.389 e. The van der Waals surface area contributed by atoms with Gasteiger partial charge in [0.05, 0.1) is 6.10 Å². The van der Waals surface area contributed by atoms with E-state index in [-0.39, 0.29) is 18.9 Å². The number of aromatic nitrogens is 1. The Labute approximate surface area is 137 Å². The second-order valence-electron chi connectivity index (χ2n) is 5.74. The number of nitrogens with one attached hydrogen (secondary N) is 1. The third-order valence-corrected chi connectivity index (χ3v) is 3.68. The van der Waals surface area contributed by atoms with Crippen LogP contribution in [-0.4, -0.2) is 53.2 Å². The number of nitrogens with zero attached hydrogens (tertiary/aromatic N) is 2. The number of piperidine rings is 1. The fourth-order valence-corrected chi connectivity index (χ4v) is 2.53. The average Bonchev–Trinajstić information content (AvgIpc) is 2.57. The number of aliphatic hydroxyl groups is 1. The van der Waals surface area contributed by atoms with Gasteiger partial charge in [-0.1, -0.05) is 24.6 Å². The van der Waals surface area contributed by atoms with Crippen LogP contribution >= 0.6 is 0 Å². The maximum atomic E-state index is 11.6. The Bertz CT molecular complexity index is 487. The number of likely N-dealkylation sites (tertiary alicyclic amines) is 1. The van der Waals surface area contributed by atoms with Crippen molar-refractivity contribution in [2.45, 2.75) is 31.8 Å². The summed E-state index contributed by atoms with van der Waals surface area (Å²) in [5.41, 5.74) is 3.30. The number of hydrogen-bond acceptors (Lipinski definition) is 5. The van der Waals surface area contributed by atoms with Gasteiger partial charge < -0.3 is 10.0 Å². The second-order valence-corrected chi connectivity index (χ2v) is 5.74. The van der Waals surface area contributed by atoms with Crippen molar-refractivity contribution in [2.75, 3.05) is 26.2 Å². The Balaban J connectivity index is 1.56. The summed E-state index contributed by atoms with van der Waals surface area (Å²) in [6.45, 7) is 2.76. The molecule has 1 aromatic heterocycles. The van der Waals surface area contributed by atoms with Crippen LogP contribution in [0.3, 0.4) is 0 Å². The lowest BCUT2D eigenvalue weighted by atomic mass is 10.1. The number of pyridine rings is 1. The molecule has 2 N–H and O–H groups in total. The second kappa shape index (κ2) is 10.1. The van der Waals surface area contributed by atoms with Crippen LogP contribution in [-0.2, 0) is 9.63 Å². The number of β-amino-alcohol motifs (C(OH)–C–C–N with tert-alkyl or cyclic N) is 1. The molecule has 1 amide bonds. The van der Waals surface area contributed by atoms with Crippen molar-refractivity contribution in [1.29, 1.82) is 0 Å². The molecule has 0 aliphatic carbocycles. The van der Waals surface area contributed by atoms with Crippen LogP contribution in [0.5, 0.6) is 0 Å². The number of hydrogen-bond donors (Lipinski definition) is 2. The van der Waals surface area contributed by atoms with E-state index in [4.69, 9.17) is 4.84 Å². The predicted molar refractivity (Wildman–Crippen MR) is 88.3 cm³/mol. The van der Waals surface area contributed by atoms with Crippen molar-refractivity contribution in [3.05, 3.63) is 36.2 Å². The van der Waals surface area contributed by atoms with Gasteiger partial charge in [-0.3, -0.25) is 14.6 Å². The van der Waals surface area contributed by atoms with Crippen LogP contribution in [0.15, 0.2) is 30.6 Å². The van der Waals surface area contributed by atoms with Crippen LogP contribution < -0.4 is 5.48 Å². The smallest absolute Gasteiger partial charge is 0.247 e. The molecule has 0 saturated carbocycles. The van der Waals surface area contributed by atoms with E-state index >= 15 is 0 Å². The molecule has 0 radical (unpaired) electrons. The fourth-order valence-electron chi connectivity index (χ4n) is 2.53. The van der Waals surface area contributed by atoms with Crippen molar-refractivity contribution in [3.63, 3.8) is 0 Å². The zero-order valence-corrected chi connectivity index (χ0v) is 13.4. The molecular weight excluding hydrogens is 294 g/mol. The standard InChI is InChI=1S/C17H25N3O3/c21-16(13-20-10-2-1-3-11-20)14-23-19-17(22)8-4-6-15-7-5-9-18-12-15/h4-7,9,12,16,21H,1-3,8,10-11,13-14H2,(H,19,22)/b6-4+. The molecule has 1 aliphatic rings. The summed E-state index contributed by atoms with van der Waals surface area (Å²) >= 11 is 0. The summed E-state index contributed by atoms with van der Waals surface area (Å²) in [7, 11) is 0. The highest BCUT2D eigenvalue weighted by atomic mass is 16.7. The Morgan fingerprint density at radius 1 is 1.43 bits per heavy atom. The van der Waals surface area contributed by atoms with Crippen molar-refractivity contribution < 1.29 is 14.7 Å². The maximum absolute atomic E-state index is 11.6. The quantitative estimate of drug-likeness (QED) is 0.708. The fraction of sp³-hybridized carbons (Fsp3) is 0.529.